The van der Waals surface area contributed by atoms with Crippen LogP contribution in [0.25, 0.3) is 0 Å². The summed E-state index contributed by atoms with van der Waals surface area (Å²) >= 11 is 0. The highest BCUT2D eigenvalue weighted by atomic mass is 16.2. The van der Waals surface area contributed by atoms with Crippen molar-refractivity contribution in [3.8, 4) is 0 Å². The number of fused-ring (bicyclic) bond motifs is 1. The number of rotatable bonds is 1. The normalized spacial score (nSPS) is 25.9. The Bertz CT molecular complexity index is 367. The zero-order valence-electron chi connectivity index (χ0n) is 7.81. The number of hydrogen-bond acceptors (Lipinski definition) is 3. The van der Waals surface area contributed by atoms with Crippen molar-refractivity contribution in [1.29, 1.82) is 0 Å². The Morgan fingerprint density at radius 3 is 3.21 bits per heavy atom. The summed E-state index contributed by atoms with van der Waals surface area (Å²) in [6.07, 6.45) is 4.47. The highest BCUT2D eigenvalue weighted by Crippen LogP contribution is 2.20. The molecule has 2 aliphatic heterocycles. The van der Waals surface area contributed by atoms with E-state index in [9.17, 15) is 4.79 Å². The third kappa shape index (κ3) is 0.988. The quantitative estimate of drug-likeness (QED) is 0.683. The van der Waals surface area contributed by atoms with Crippen molar-refractivity contribution in [3.63, 3.8) is 0 Å². The standard InChI is InChI=1S/C9H12N4O/c14-9-12-4-3-11-8(12)6-13(9)7-1-2-10-5-7/h3-4,7,10H,1-2,5-6H2. The summed E-state index contributed by atoms with van der Waals surface area (Å²) in [6.45, 7) is 2.59. The predicted molar refractivity (Wildman–Crippen MR) is 49.8 cm³/mol. The molecule has 0 spiro atoms. The van der Waals surface area contributed by atoms with E-state index in [0.717, 1.165) is 25.3 Å². The van der Waals surface area contributed by atoms with Gasteiger partial charge in [-0.1, -0.05) is 0 Å². The van der Waals surface area contributed by atoms with Crippen LogP contribution in [0, 0.1) is 0 Å². The Hall–Kier alpha value is -1.36. The topological polar surface area (TPSA) is 50.2 Å². The second-order valence-corrected chi connectivity index (χ2v) is 3.77. The van der Waals surface area contributed by atoms with Gasteiger partial charge in [0, 0.05) is 25.0 Å². The average molecular weight is 192 g/mol. The summed E-state index contributed by atoms with van der Waals surface area (Å²) in [6, 6.07) is 0.426. The van der Waals surface area contributed by atoms with E-state index in [2.05, 4.69) is 10.3 Å². The van der Waals surface area contributed by atoms with Crippen LogP contribution in [0.2, 0.25) is 0 Å². The van der Waals surface area contributed by atoms with Crippen molar-refractivity contribution in [2.45, 2.75) is 19.0 Å². The highest BCUT2D eigenvalue weighted by Gasteiger charge is 2.34. The molecule has 1 fully saturated rings. The summed E-state index contributed by atoms with van der Waals surface area (Å²) in [5, 5.41) is 3.27. The monoisotopic (exact) mass is 192 g/mol. The first-order chi connectivity index (χ1) is 6.86. The van der Waals surface area contributed by atoms with E-state index < -0.39 is 0 Å². The van der Waals surface area contributed by atoms with E-state index in [1.54, 1.807) is 17.0 Å². The van der Waals surface area contributed by atoms with Crippen molar-refractivity contribution in [3.05, 3.63) is 18.2 Å². The molecular formula is C9H12N4O. The zero-order valence-corrected chi connectivity index (χ0v) is 7.81. The van der Waals surface area contributed by atoms with Crippen LogP contribution in [-0.2, 0) is 6.54 Å². The highest BCUT2D eigenvalue weighted by molar-refractivity contribution is 5.80. The molecule has 0 aromatic carbocycles. The van der Waals surface area contributed by atoms with Gasteiger partial charge in [0.05, 0.1) is 6.54 Å². The Morgan fingerprint density at radius 1 is 1.57 bits per heavy atom. The third-order valence-corrected chi connectivity index (χ3v) is 2.96. The van der Waals surface area contributed by atoms with Crippen molar-refractivity contribution < 1.29 is 4.79 Å². The lowest BCUT2D eigenvalue weighted by Crippen LogP contribution is -2.37. The van der Waals surface area contributed by atoms with Crippen LogP contribution >= 0.6 is 0 Å². The van der Waals surface area contributed by atoms with Gasteiger partial charge in [-0.05, 0) is 13.0 Å². The zero-order chi connectivity index (χ0) is 9.54. The van der Waals surface area contributed by atoms with Crippen molar-refractivity contribution in [1.82, 2.24) is 19.8 Å². The molecule has 5 nitrogen and oxygen atoms in total. The lowest BCUT2D eigenvalue weighted by atomic mass is 10.2. The molecule has 3 rings (SSSR count). The van der Waals surface area contributed by atoms with Gasteiger partial charge in [-0.25, -0.2) is 9.78 Å². The fourth-order valence-corrected chi connectivity index (χ4v) is 2.17. The van der Waals surface area contributed by atoms with Crippen LogP contribution in [0.5, 0.6) is 0 Å². The summed E-state index contributed by atoms with van der Waals surface area (Å²) in [5.41, 5.74) is 0. The number of imidazole rings is 1. The van der Waals surface area contributed by atoms with Crippen LogP contribution in [0.15, 0.2) is 12.4 Å². The number of carbonyl (C=O) groups excluding carboxylic acids is 1. The molecule has 1 amide bonds. The molecule has 1 N–H and O–H groups in total. The van der Waals surface area contributed by atoms with E-state index in [-0.39, 0.29) is 6.03 Å². The lowest BCUT2D eigenvalue weighted by molar-refractivity contribution is 0.191. The molecule has 14 heavy (non-hydrogen) atoms. The van der Waals surface area contributed by atoms with E-state index in [4.69, 9.17) is 0 Å². The van der Waals surface area contributed by atoms with E-state index >= 15 is 0 Å². The molecule has 3 heterocycles. The van der Waals surface area contributed by atoms with Crippen LogP contribution in [0.3, 0.4) is 0 Å². The fraction of sp³-hybridized carbons (Fsp3) is 0.556. The molecule has 1 saturated heterocycles. The molecule has 5 heteroatoms. The molecule has 74 valence electrons. The molecule has 0 radical (unpaired) electrons. The maximum absolute atomic E-state index is 11.9. The van der Waals surface area contributed by atoms with Crippen molar-refractivity contribution in [2.24, 2.45) is 0 Å². The molecule has 0 aliphatic carbocycles. The van der Waals surface area contributed by atoms with Gasteiger partial charge in [-0.2, -0.15) is 0 Å². The summed E-state index contributed by atoms with van der Waals surface area (Å²) < 4.78 is 1.64. The van der Waals surface area contributed by atoms with Gasteiger partial charge in [0.2, 0.25) is 0 Å². The molecular weight excluding hydrogens is 180 g/mol. The van der Waals surface area contributed by atoms with Crippen LogP contribution in [0.1, 0.15) is 12.2 Å². The van der Waals surface area contributed by atoms with Crippen molar-refractivity contribution in [2.75, 3.05) is 13.1 Å². The van der Waals surface area contributed by atoms with Gasteiger partial charge in [-0.15, -0.1) is 0 Å². The number of amides is 1. The van der Waals surface area contributed by atoms with Gasteiger partial charge >= 0.3 is 6.03 Å². The maximum atomic E-state index is 11.9. The van der Waals surface area contributed by atoms with E-state index in [0.29, 0.717) is 12.6 Å². The number of nitrogens with one attached hydrogen (secondary N) is 1. The molecule has 0 bridgehead atoms. The van der Waals surface area contributed by atoms with Crippen LogP contribution in [0.4, 0.5) is 4.79 Å². The fourth-order valence-electron chi connectivity index (χ4n) is 2.17. The van der Waals surface area contributed by atoms with Gasteiger partial charge in [0.15, 0.2) is 0 Å². The first kappa shape index (κ1) is 7.99. The van der Waals surface area contributed by atoms with Crippen LogP contribution < -0.4 is 5.32 Å². The number of nitrogens with zero attached hydrogens (tertiary/aromatic N) is 3. The van der Waals surface area contributed by atoms with Gasteiger partial charge < -0.3 is 10.2 Å². The Morgan fingerprint density at radius 2 is 2.50 bits per heavy atom. The first-order valence-electron chi connectivity index (χ1n) is 4.90. The van der Waals surface area contributed by atoms with E-state index in [1.807, 2.05) is 4.90 Å². The van der Waals surface area contributed by atoms with Crippen LogP contribution in [-0.4, -0.2) is 39.6 Å². The van der Waals surface area contributed by atoms with Gasteiger partial charge in [0.1, 0.15) is 5.82 Å². The largest absolute Gasteiger partial charge is 0.330 e. The second-order valence-electron chi connectivity index (χ2n) is 3.77. The Labute approximate surface area is 81.7 Å². The molecule has 1 aromatic heterocycles. The smallest absolute Gasteiger partial charge is 0.315 e. The average Bonchev–Trinajstić information content (AvgIpc) is 2.84. The molecule has 2 aliphatic rings. The Balaban J connectivity index is 1.86. The minimum absolute atomic E-state index is 0.0752. The number of aromatic nitrogens is 2. The Kier molecular flexibility index (Phi) is 1.61. The van der Waals surface area contributed by atoms with Gasteiger partial charge in [-0.3, -0.25) is 4.57 Å². The second kappa shape index (κ2) is 2.81. The summed E-state index contributed by atoms with van der Waals surface area (Å²) in [4.78, 5) is 17.9. The first-order valence-corrected chi connectivity index (χ1v) is 4.90. The molecule has 1 atom stereocenters. The maximum Gasteiger partial charge on any atom is 0.330 e. The minimum Gasteiger partial charge on any atom is -0.315 e. The third-order valence-electron chi connectivity index (χ3n) is 2.96. The number of hydrogen-bond donors (Lipinski definition) is 1. The van der Waals surface area contributed by atoms with E-state index in [1.165, 1.54) is 0 Å². The molecule has 0 saturated carbocycles. The predicted octanol–water partition coefficient (Wildman–Crippen LogP) is 0.0287. The SMILES string of the molecule is O=C1N(C2CCNC2)Cc2nccn21. The summed E-state index contributed by atoms with van der Waals surface area (Å²) in [5.74, 6) is 0.863. The molecule has 1 unspecified atom stereocenters. The van der Waals surface area contributed by atoms with Crippen molar-refractivity contribution >= 4 is 6.03 Å². The number of carbonyl (C=O) groups is 1. The van der Waals surface area contributed by atoms with Gasteiger partial charge in [0.25, 0.3) is 0 Å². The lowest BCUT2D eigenvalue weighted by Gasteiger charge is -2.21. The summed E-state index contributed by atoms with van der Waals surface area (Å²) in [7, 11) is 0. The molecule has 1 aromatic rings. The minimum atomic E-state index is 0.0752.